The van der Waals surface area contributed by atoms with Gasteiger partial charge >= 0.3 is 0 Å². The van der Waals surface area contributed by atoms with E-state index < -0.39 is 5.82 Å². The van der Waals surface area contributed by atoms with Gasteiger partial charge in [-0.05, 0) is 44.0 Å². The molecule has 0 radical (unpaired) electrons. The Balaban J connectivity index is 1.79. The van der Waals surface area contributed by atoms with Crippen LogP contribution in [0, 0.1) is 5.82 Å². The first-order valence-electron chi connectivity index (χ1n) is 7.23. The number of nitrogens with two attached hydrogens (primary N) is 1. The summed E-state index contributed by atoms with van der Waals surface area (Å²) in [7, 11) is 0. The monoisotopic (exact) mass is 277 g/mol. The summed E-state index contributed by atoms with van der Waals surface area (Å²) in [5, 5.41) is 0. The zero-order valence-corrected chi connectivity index (χ0v) is 11.5. The molecule has 1 atom stereocenters. The zero-order chi connectivity index (χ0) is 14.1. The van der Waals surface area contributed by atoms with Crippen molar-refractivity contribution in [3.63, 3.8) is 0 Å². The average Bonchev–Trinajstić information content (AvgIpc) is 2.75. The van der Waals surface area contributed by atoms with Gasteiger partial charge in [-0.3, -0.25) is 9.69 Å². The first kappa shape index (κ1) is 13.4. The van der Waals surface area contributed by atoms with Gasteiger partial charge in [-0.2, -0.15) is 0 Å². The van der Waals surface area contributed by atoms with Gasteiger partial charge in [0.15, 0.2) is 0 Å². The highest BCUT2D eigenvalue weighted by Gasteiger charge is 2.31. The Kier molecular flexibility index (Phi) is 3.61. The van der Waals surface area contributed by atoms with E-state index in [2.05, 4.69) is 4.90 Å². The SMILES string of the molecule is Nc1ccc(C(=O)N2CCCN3CCCC3C2)c(F)c1. The Morgan fingerprint density at radius 2 is 2.05 bits per heavy atom. The van der Waals surface area contributed by atoms with Crippen LogP contribution in [0.2, 0.25) is 0 Å². The lowest BCUT2D eigenvalue weighted by atomic mass is 10.1. The number of nitrogens with zero attached hydrogens (tertiary/aromatic N) is 2. The third-order valence-corrected chi connectivity index (χ3v) is 4.31. The van der Waals surface area contributed by atoms with Gasteiger partial charge in [0.05, 0.1) is 5.56 Å². The van der Waals surface area contributed by atoms with E-state index >= 15 is 0 Å². The van der Waals surface area contributed by atoms with Gasteiger partial charge in [-0.25, -0.2) is 4.39 Å². The molecule has 2 aliphatic heterocycles. The van der Waals surface area contributed by atoms with E-state index in [1.807, 2.05) is 0 Å². The van der Waals surface area contributed by atoms with Gasteiger partial charge in [0.1, 0.15) is 5.82 Å². The van der Waals surface area contributed by atoms with Crippen LogP contribution in [-0.2, 0) is 0 Å². The molecule has 5 heteroatoms. The second kappa shape index (κ2) is 5.40. The number of carbonyl (C=O) groups excluding carboxylic acids is 1. The maximum absolute atomic E-state index is 13.9. The molecular weight excluding hydrogens is 257 g/mol. The Bertz CT molecular complexity index is 520. The molecule has 2 fully saturated rings. The minimum absolute atomic E-state index is 0.130. The van der Waals surface area contributed by atoms with Crippen LogP contribution in [0.1, 0.15) is 29.6 Å². The summed E-state index contributed by atoms with van der Waals surface area (Å²) in [6.07, 6.45) is 3.29. The van der Waals surface area contributed by atoms with Crippen LogP contribution in [0.4, 0.5) is 10.1 Å². The van der Waals surface area contributed by atoms with E-state index in [0.717, 1.165) is 25.9 Å². The van der Waals surface area contributed by atoms with E-state index in [1.54, 1.807) is 11.0 Å². The van der Waals surface area contributed by atoms with Crippen LogP contribution < -0.4 is 5.73 Å². The molecule has 2 aliphatic rings. The van der Waals surface area contributed by atoms with Crippen LogP contribution in [0.15, 0.2) is 18.2 Å². The van der Waals surface area contributed by atoms with Crippen molar-refractivity contribution in [1.82, 2.24) is 9.80 Å². The molecule has 0 aliphatic carbocycles. The van der Waals surface area contributed by atoms with E-state index in [9.17, 15) is 9.18 Å². The van der Waals surface area contributed by atoms with Crippen molar-refractivity contribution in [3.05, 3.63) is 29.6 Å². The third-order valence-electron chi connectivity index (χ3n) is 4.31. The summed E-state index contributed by atoms with van der Waals surface area (Å²) in [5.41, 5.74) is 6.00. The number of anilines is 1. The molecule has 2 N–H and O–H groups in total. The van der Waals surface area contributed by atoms with Crippen LogP contribution in [0.3, 0.4) is 0 Å². The second-order valence-electron chi connectivity index (χ2n) is 5.68. The van der Waals surface area contributed by atoms with Crippen LogP contribution >= 0.6 is 0 Å². The lowest BCUT2D eigenvalue weighted by Crippen LogP contribution is -2.39. The topological polar surface area (TPSA) is 49.6 Å². The van der Waals surface area contributed by atoms with Crippen molar-refractivity contribution in [2.45, 2.75) is 25.3 Å². The largest absolute Gasteiger partial charge is 0.399 e. The van der Waals surface area contributed by atoms with Crippen molar-refractivity contribution >= 4 is 11.6 Å². The fourth-order valence-corrected chi connectivity index (χ4v) is 3.27. The molecule has 1 aromatic rings. The summed E-state index contributed by atoms with van der Waals surface area (Å²) >= 11 is 0. The van der Waals surface area contributed by atoms with Gasteiger partial charge in [0.25, 0.3) is 5.91 Å². The molecule has 0 bridgehead atoms. The summed E-state index contributed by atoms with van der Waals surface area (Å²) in [5.74, 6) is -0.737. The highest BCUT2D eigenvalue weighted by atomic mass is 19.1. The molecule has 20 heavy (non-hydrogen) atoms. The zero-order valence-electron chi connectivity index (χ0n) is 11.5. The molecule has 3 rings (SSSR count). The molecule has 0 saturated carbocycles. The van der Waals surface area contributed by atoms with E-state index in [1.165, 1.54) is 18.6 Å². The van der Waals surface area contributed by atoms with Gasteiger partial charge in [0, 0.05) is 31.4 Å². The number of nitrogen functional groups attached to an aromatic ring is 1. The van der Waals surface area contributed by atoms with Gasteiger partial charge in [0.2, 0.25) is 0 Å². The molecule has 0 aromatic heterocycles. The predicted octanol–water partition coefficient (Wildman–Crippen LogP) is 1.72. The van der Waals surface area contributed by atoms with Crippen molar-refractivity contribution in [3.8, 4) is 0 Å². The van der Waals surface area contributed by atoms with Crippen molar-refractivity contribution in [2.24, 2.45) is 0 Å². The van der Waals surface area contributed by atoms with Gasteiger partial charge < -0.3 is 10.6 Å². The maximum Gasteiger partial charge on any atom is 0.256 e. The minimum atomic E-state index is -0.525. The fourth-order valence-electron chi connectivity index (χ4n) is 3.27. The quantitative estimate of drug-likeness (QED) is 0.795. The van der Waals surface area contributed by atoms with Crippen molar-refractivity contribution in [1.29, 1.82) is 0 Å². The number of benzene rings is 1. The fraction of sp³-hybridized carbons (Fsp3) is 0.533. The molecule has 108 valence electrons. The highest BCUT2D eigenvalue weighted by molar-refractivity contribution is 5.94. The number of carbonyl (C=O) groups is 1. The summed E-state index contributed by atoms with van der Waals surface area (Å²) < 4.78 is 13.9. The Morgan fingerprint density at radius 1 is 1.25 bits per heavy atom. The predicted molar refractivity (Wildman–Crippen MR) is 75.9 cm³/mol. The number of rotatable bonds is 1. The smallest absolute Gasteiger partial charge is 0.256 e. The summed E-state index contributed by atoms with van der Waals surface area (Å²) in [4.78, 5) is 16.7. The first-order valence-corrected chi connectivity index (χ1v) is 7.23. The molecular formula is C15H20FN3O. The van der Waals surface area contributed by atoms with Gasteiger partial charge in [-0.15, -0.1) is 0 Å². The van der Waals surface area contributed by atoms with Crippen molar-refractivity contribution in [2.75, 3.05) is 31.9 Å². The number of hydrogen-bond acceptors (Lipinski definition) is 3. The number of halogens is 1. The van der Waals surface area contributed by atoms with Crippen LogP contribution in [-0.4, -0.2) is 47.9 Å². The minimum Gasteiger partial charge on any atom is -0.399 e. The lowest BCUT2D eigenvalue weighted by Gasteiger charge is -2.25. The Hall–Kier alpha value is -1.62. The van der Waals surface area contributed by atoms with E-state index in [4.69, 9.17) is 5.73 Å². The lowest BCUT2D eigenvalue weighted by molar-refractivity contribution is 0.0739. The highest BCUT2D eigenvalue weighted by Crippen LogP contribution is 2.23. The standard InChI is InChI=1S/C15H20FN3O/c16-14-9-11(17)4-5-13(14)15(20)19-8-2-7-18-6-1-3-12(18)10-19/h4-5,9,12H,1-3,6-8,10,17H2. The third kappa shape index (κ3) is 2.50. The second-order valence-corrected chi connectivity index (χ2v) is 5.68. The molecule has 2 saturated heterocycles. The number of hydrogen-bond donors (Lipinski definition) is 1. The van der Waals surface area contributed by atoms with Crippen LogP contribution in [0.5, 0.6) is 0 Å². The number of amides is 1. The Labute approximate surface area is 118 Å². The van der Waals surface area contributed by atoms with E-state index in [-0.39, 0.29) is 11.5 Å². The molecule has 2 heterocycles. The van der Waals surface area contributed by atoms with Crippen LogP contribution in [0.25, 0.3) is 0 Å². The van der Waals surface area contributed by atoms with Gasteiger partial charge in [-0.1, -0.05) is 0 Å². The molecule has 1 unspecified atom stereocenters. The normalized spacial score (nSPS) is 23.4. The Morgan fingerprint density at radius 3 is 2.85 bits per heavy atom. The first-order chi connectivity index (χ1) is 9.65. The molecule has 4 nitrogen and oxygen atoms in total. The number of fused-ring (bicyclic) bond motifs is 1. The summed E-state index contributed by atoms with van der Waals surface area (Å²) in [6, 6.07) is 4.73. The average molecular weight is 277 g/mol. The van der Waals surface area contributed by atoms with Crippen molar-refractivity contribution < 1.29 is 9.18 Å². The molecule has 1 amide bonds. The summed E-state index contributed by atoms with van der Waals surface area (Å²) in [6.45, 7) is 3.58. The van der Waals surface area contributed by atoms with E-state index in [0.29, 0.717) is 24.8 Å². The molecule has 0 spiro atoms. The maximum atomic E-state index is 13.9. The molecule has 1 aromatic carbocycles.